The molecule has 1 atom stereocenters. The normalized spacial score (nSPS) is 11.4. The summed E-state index contributed by atoms with van der Waals surface area (Å²) in [6, 6.07) is 11.3. The Hall–Kier alpha value is -3.15. The number of ether oxygens (including phenoxy) is 2. The van der Waals surface area contributed by atoms with Crippen LogP contribution in [0.25, 0.3) is 0 Å². The summed E-state index contributed by atoms with van der Waals surface area (Å²) in [7, 11) is 1.52. The number of benzene rings is 2. The van der Waals surface area contributed by atoms with Gasteiger partial charge in [0.25, 0.3) is 0 Å². The third-order valence-electron chi connectivity index (χ3n) is 3.79. The fraction of sp³-hybridized carbons (Fsp3) is 0.250. The molecule has 26 heavy (non-hydrogen) atoms. The molecule has 0 spiro atoms. The number of rotatable bonds is 6. The van der Waals surface area contributed by atoms with Crippen LogP contribution in [-0.4, -0.2) is 30.9 Å². The van der Waals surface area contributed by atoms with Crippen LogP contribution in [0, 0.1) is 6.92 Å². The molecule has 0 aliphatic rings. The van der Waals surface area contributed by atoms with Gasteiger partial charge in [-0.3, -0.25) is 9.59 Å². The summed E-state index contributed by atoms with van der Waals surface area (Å²) in [5, 5.41) is 2.62. The van der Waals surface area contributed by atoms with E-state index in [1.165, 1.54) is 21.0 Å². The van der Waals surface area contributed by atoms with Crippen molar-refractivity contribution < 1.29 is 23.9 Å². The number of aryl methyl sites for hydroxylation is 1. The monoisotopic (exact) mass is 355 g/mol. The average molecular weight is 355 g/mol. The van der Waals surface area contributed by atoms with Gasteiger partial charge in [-0.2, -0.15) is 0 Å². The van der Waals surface area contributed by atoms with Gasteiger partial charge in [-0.1, -0.05) is 6.07 Å². The highest BCUT2D eigenvalue weighted by Gasteiger charge is 2.21. The number of ketones is 1. The fourth-order valence-electron chi connectivity index (χ4n) is 2.38. The number of hydrogen-bond acceptors (Lipinski definition) is 5. The van der Waals surface area contributed by atoms with Crippen molar-refractivity contribution in [3.05, 3.63) is 59.2 Å². The Bertz CT molecular complexity index is 827. The van der Waals surface area contributed by atoms with Crippen molar-refractivity contribution in [3.63, 3.8) is 0 Å². The summed E-state index contributed by atoms with van der Waals surface area (Å²) in [5.74, 6) is -0.544. The first kappa shape index (κ1) is 19.2. The van der Waals surface area contributed by atoms with Gasteiger partial charge >= 0.3 is 5.97 Å². The third kappa shape index (κ3) is 4.69. The molecule has 2 aromatic rings. The Morgan fingerprint density at radius 2 is 1.62 bits per heavy atom. The van der Waals surface area contributed by atoms with Crippen LogP contribution in [0.3, 0.4) is 0 Å². The van der Waals surface area contributed by atoms with Crippen LogP contribution >= 0.6 is 0 Å². The first-order valence-electron chi connectivity index (χ1n) is 8.09. The largest absolute Gasteiger partial charge is 0.496 e. The maximum Gasteiger partial charge on any atom is 0.338 e. The molecule has 6 heteroatoms. The summed E-state index contributed by atoms with van der Waals surface area (Å²) in [4.78, 5) is 35.7. The van der Waals surface area contributed by atoms with Gasteiger partial charge in [0.05, 0.1) is 12.7 Å². The maximum absolute atomic E-state index is 12.4. The summed E-state index contributed by atoms with van der Waals surface area (Å²) < 4.78 is 10.5. The zero-order valence-corrected chi connectivity index (χ0v) is 15.2. The highest BCUT2D eigenvalue weighted by Crippen LogP contribution is 2.20. The molecule has 0 fully saturated rings. The van der Waals surface area contributed by atoms with E-state index in [1.807, 2.05) is 6.92 Å². The molecule has 1 N–H and O–H groups in total. The molecule has 0 aliphatic carbocycles. The SMILES string of the molecule is COc1cc(C(=O)O[C@@H](C)C(=O)c2ccc(NC(C)=O)cc2)ccc1C. The minimum atomic E-state index is -0.943. The Balaban J connectivity index is 2.06. The van der Waals surface area contributed by atoms with Gasteiger partial charge in [-0.05, 0) is 55.8 Å². The van der Waals surface area contributed by atoms with E-state index in [2.05, 4.69) is 5.32 Å². The van der Waals surface area contributed by atoms with Gasteiger partial charge in [0, 0.05) is 18.2 Å². The van der Waals surface area contributed by atoms with Crippen molar-refractivity contribution in [2.45, 2.75) is 26.9 Å². The zero-order valence-electron chi connectivity index (χ0n) is 15.2. The van der Waals surface area contributed by atoms with E-state index in [4.69, 9.17) is 9.47 Å². The molecular formula is C20H21NO5. The molecule has 1 amide bonds. The highest BCUT2D eigenvalue weighted by atomic mass is 16.5. The lowest BCUT2D eigenvalue weighted by Gasteiger charge is -2.13. The van der Waals surface area contributed by atoms with Gasteiger partial charge in [0.15, 0.2) is 6.10 Å². The zero-order chi connectivity index (χ0) is 19.3. The van der Waals surface area contributed by atoms with Crippen LogP contribution < -0.4 is 10.1 Å². The molecule has 2 aromatic carbocycles. The summed E-state index contributed by atoms with van der Waals surface area (Å²) in [5.41, 5.74) is 2.19. The second-order valence-corrected chi connectivity index (χ2v) is 5.85. The van der Waals surface area contributed by atoms with Gasteiger partial charge in [0.2, 0.25) is 11.7 Å². The molecule has 0 saturated heterocycles. The van der Waals surface area contributed by atoms with Crippen LogP contribution in [0.4, 0.5) is 5.69 Å². The van der Waals surface area contributed by atoms with Crippen molar-refractivity contribution >= 4 is 23.3 Å². The maximum atomic E-state index is 12.4. The number of carbonyl (C=O) groups is 3. The molecule has 0 aliphatic heterocycles. The summed E-state index contributed by atoms with van der Waals surface area (Å²) >= 11 is 0. The van der Waals surface area contributed by atoms with Crippen LogP contribution in [0.1, 0.15) is 40.1 Å². The van der Waals surface area contributed by atoms with Crippen molar-refractivity contribution in [1.29, 1.82) is 0 Å². The first-order valence-corrected chi connectivity index (χ1v) is 8.09. The lowest BCUT2D eigenvalue weighted by molar-refractivity contribution is -0.114. The number of carbonyl (C=O) groups excluding carboxylic acids is 3. The van der Waals surface area contributed by atoms with E-state index in [1.54, 1.807) is 42.5 Å². The number of amides is 1. The fourth-order valence-corrected chi connectivity index (χ4v) is 2.38. The number of esters is 1. The standard InChI is InChI=1S/C20H21NO5/c1-12-5-6-16(11-18(12)25-4)20(24)26-13(2)19(23)15-7-9-17(10-8-15)21-14(3)22/h5-11,13H,1-4H3,(H,21,22)/t13-/m0/s1. The van der Waals surface area contributed by atoms with Crippen molar-refractivity contribution in [2.24, 2.45) is 0 Å². The molecule has 0 aromatic heterocycles. The minimum absolute atomic E-state index is 0.195. The number of hydrogen-bond donors (Lipinski definition) is 1. The molecule has 136 valence electrons. The van der Waals surface area contributed by atoms with Gasteiger partial charge in [-0.15, -0.1) is 0 Å². The third-order valence-corrected chi connectivity index (χ3v) is 3.79. The Morgan fingerprint density at radius 3 is 2.19 bits per heavy atom. The van der Waals surface area contributed by atoms with E-state index in [0.717, 1.165) is 5.56 Å². The smallest absolute Gasteiger partial charge is 0.338 e. The molecule has 6 nitrogen and oxygen atoms in total. The summed E-state index contributed by atoms with van der Waals surface area (Å²) in [6.07, 6.45) is -0.943. The molecule has 0 saturated carbocycles. The first-order chi connectivity index (χ1) is 12.3. The number of methoxy groups -OCH3 is 1. The molecule has 0 heterocycles. The Labute approximate surface area is 152 Å². The predicted octanol–water partition coefficient (Wildman–Crippen LogP) is 3.39. The lowest BCUT2D eigenvalue weighted by Crippen LogP contribution is -2.24. The summed E-state index contributed by atoms with van der Waals surface area (Å²) in [6.45, 7) is 4.79. The average Bonchev–Trinajstić information content (AvgIpc) is 2.61. The highest BCUT2D eigenvalue weighted by molar-refractivity contribution is 6.02. The molecule has 0 unspecified atom stereocenters. The van der Waals surface area contributed by atoms with E-state index >= 15 is 0 Å². The van der Waals surface area contributed by atoms with E-state index in [0.29, 0.717) is 22.6 Å². The van der Waals surface area contributed by atoms with E-state index in [9.17, 15) is 14.4 Å². The number of anilines is 1. The van der Waals surface area contributed by atoms with E-state index in [-0.39, 0.29) is 11.7 Å². The van der Waals surface area contributed by atoms with Crippen LogP contribution in [0.5, 0.6) is 5.75 Å². The van der Waals surface area contributed by atoms with Crippen molar-refractivity contribution in [2.75, 3.05) is 12.4 Å². The molecule has 2 rings (SSSR count). The second-order valence-electron chi connectivity index (χ2n) is 5.85. The number of nitrogens with one attached hydrogen (secondary N) is 1. The number of Topliss-reactive ketones (excluding diaryl/α,β-unsaturated/α-hetero) is 1. The predicted molar refractivity (Wildman–Crippen MR) is 97.7 cm³/mol. The Morgan fingerprint density at radius 1 is 1.00 bits per heavy atom. The van der Waals surface area contributed by atoms with Crippen LogP contribution in [0.15, 0.2) is 42.5 Å². The second kappa shape index (κ2) is 8.29. The molecule has 0 radical (unpaired) electrons. The Kier molecular flexibility index (Phi) is 6.11. The van der Waals surface area contributed by atoms with Gasteiger partial charge in [0.1, 0.15) is 5.75 Å². The topological polar surface area (TPSA) is 81.7 Å². The van der Waals surface area contributed by atoms with Crippen molar-refractivity contribution in [3.8, 4) is 5.75 Å². The molecule has 0 bridgehead atoms. The quantitative estimate of drug-likeness (QED) is 0.634. The minimum Gasteiger partial charge on any atom is -0.496 e. The van der Waals surface area contributed by atoms with Crippen LogP contribution in [0.2, 0.25) is 0 Å². The van der Waals surface area contributed by atoms with E-state index < -0.39 is 12.1 Å². The van der Waals surface area contributed by atoms with Crippen LogP contribution in [-0.2, 0) is 9.53 Å². The lowest BCUT2D eigenvalue weighted by atomic mass is 10.1. The molecular weight excluding hydrogens is 334 g/mol. The van der Waals surface area contributed by atoms with Gasteiger partial charge in [-0.25, -0.2) is 4.79 Å². The van der Waals surface area contributed by atoms with Gasteiger partial charge < -0.3 is 14.8 Å². The van der Waals surface area contributed by atoms with Crippen molar-refractivity contribution in [1.82, 2.24) is 0 Å².